The molecule has 1 aliphatic carbocycles. The van der Waals surface area contributed by atoms with Gasteiger partial charge in [-0.15, -0.1) is 0 Å². The lowest BCUT2D eigenvalue weighted by Gasteiger charge is -2.32. The van der Waals surface area contributed by atoms with Crippen LogP contribution in [-0.4, -0.2) is 31.0 Å². The molecule has 1 aromatic rings. The van der Waals surface area contributed by atoms with Gasteiger partial charge in [0.25, 0.3) is 0 Å². The average molecular weight is 287 g/mol. The summed E-state index contributed by atoms with van der Waals surface area (Å²) in [6.45, 7) is 1.95. The van der Waals surface area contributed by atoms with E-state index in [9.17, 15) is 4.79 Å². The van der Waals surface area contributed by atoms with E-state index in [1.807, 2.05) is 12.1 Å². The van der Waals surface area contributed by atoms with Gasteiger partial charge in [0.15, 0.2) is 0 Å². The molecule has 0 aromatic heterocycles. The molecule has 0 N–H and O–H groups in total. The van der Waals surface area contributed by atoms with Gasteiger partial charge < -0.3 is 9.64 Å². The lowest BCUT2D eigenvalue weighted by molar-refractivity contribution is -0.133. The molecule has 1 aliphatic heterocycles. The van der Waals surface area contributed by atoms with Gasteiger partial charge >= 0.3 is 0 Å². The second-order valence-corrected chi connectivity index (χ2v) is 6.43. The van der Waals surface area contributed by atoms with E-state index in [0.29, 0.717) is 11.8 Å². The highest BCUT2D eigenvalue weighted by Gasteiger charge is 2.34. The Hall–Kier alpha value is -1.51. The number of piperidine rings is 1. The molecule has 2 aliphatic rings. The van der Waals surface area contributed by atoms with Crippen molar-refractivity contribution in [1.82, 2.24) is 4.90 Å². The van der Waals surface area contributed by atoms with E-state index in [2.05, 4.69) is 17.0 Å². The zero-order valence-corrected chi connectivity index (χ0v) is 12.9. The quantitative estimate of drug-likeness (QED) is 0.832. The van der Waals surface area contributed by atoms with Gasteiger partial charge in [-0.2, -0.15) is 0 Å². The van der Waals surface area contributed by atoms with Crippen LogP contribution in [0.25, 0.3) is 0 Å². The van der Waals surface area contributed by atoms with Crippen LogP contribution in [0.1, 0.15) is 37.7 Å². The van der Waals surface area contributed by atoms with Gasteiger partial charge in [0.2, 0.25) is 5.91 Å². The summed E-state index contributed by atoms with van der Waals surface area (Å²) in [4.78, 5) is 14.1. The minimum atomic E-state index is 0.376. The van der Waals surface area contributed by atoms with Crippen molar-refractivity contribution >= 4 is 5.91 Å². The van der Waals surface area contributed by atoms with Crippen LogP contribution in [0.15, 0.2) is 24.3 Å². The zero-order chi connectivity index (χ0) is 14.7. The smallest absolute Gasteiger partial charge is 0.225 e. The summed E-state index contributed by atoms with van der Waals surface area (Å²) in [7, 11) is 1.70. The van der Waals surface area contributed by atoms with Gasteiger partial charge in [-0.05, 0) is 62.1 Å². The molecule has 21 heavy (non-hydrogen) atoms. The second-order valence-electron chi connectivity index (χ2n) is 6.43. The number of rotatable bonds is 5. The topological polar surface area (TPSA) is 29.5 Å². The van der Waals surface area contributed by atoms with Crippen molar-refractivity contribution in [1.29, 1.82) is 0 Å². The Balaban J connectivity index is 1.41. The number of ether oxygens (including phenoxy) is 1. The molecule has 1 aromatic carbocycles. The van der Waals surface area contributed by atoms with Crippen LogP contribution in [0.3, 0.4) is 0 Å². The van der Waals surface area contributed by atoms with Crippen LogP contribution in [0.5, 0.6) is 5.75 Å². The third kappa shape index (κ3) is 3.78. The number of benzene rings is 1. The van der Waals surface area contributed by atoms with E-state index in [1.165, 1.54) is 24.8 Å². The Bertz CT molecular complexity index is 470. The van der Waals surface area contributed by atoms with Gasteiger partial charge in [0.05, 0.1) is 7.11 Å². The van der Waals surface area contributed by atoms with Crippen molar-refractivity contribution < 1.29 is 9.53 Å². The molecule has 1 heterocycles. The molecule has 3 rings (SSSR count). The molecule has 2 fully saturated rings. The first-order valence-electron chi connectivity index (χ1n) is 8.18. The van der Waals surface area contributed by atoms with Crippen LogP contribution in [0.2, 0.25) is 0 Å². The van der Waals surface area contributed by atoms with E-state index in [4.69, 9.17) is 4.74 Å². The first kappa shape index (κ1) is 14.4. The van der Waals surface area contributed by atoms with Crippen LogP contribution < -0.4 is 4.74 Å². The number of amides is 1. The molecular weight excluding hydrogens is 262 g/mol. The van der Waals surface area contributed by atoms with Crippen molar-refractivity contribution in [2.45, 2.75) is 38.5 Å². The highest BCUT2D eigenvalue weighted by molar-refractivity contribution is 5.81. The maximum atomic E-state index is 12.0. The van der Waals surface area contributed by atoms with Crippen molar-refractivity contribution in [3.05, 3.63) is 29.8 Å². The molecular formula is C18H25NO2. The van der Waals surface area contributed by atoms with Crippen LogP contribution in [-0.2, 0) is 11.2 Å². The van der Waals surface area contributed by atoms with E-state index in [0.717, 1.165) is 44.0 Å². The molecule has 0 bridgehead atoms. The first-order chi connectivity index (χ1) is 10.3. The molecule has 3 nitrogen and oxygen atoms in total. The third-order valence-corrected chi connectivity index (χ3v) is 4.85. The minimum absolute atomic E-state index is 0.376. The Morgan fingerprint density at radius 1 is 1.14 bits per heavy atom. The number of methoxy groups -OCH3 is 1. The number of hydrogen-bond donors (Lipinski definition) is 0. The van der Waals surface area contributed by atoms with E-state index in [1.54, 1.807) is 7.11 Å². The molecule has 0 atom stereocenters. The predicted molar refractivity (Wildman–Crippen MR) is 83.3 cm³/mol. The molecule has 3 heteroatoms. The summed E-state index contributed by atoms with van der Waals surface area (Å²) >= 11 is 0. The number of aryl methyl sites for hydroxylation is 1. The lowest BCUT2D eigenvalue weighted by atomic mass is 9.90. The van der Waals surface area contributed by atoms with Gasteiger partial charge in [0.1, 0.15) is 5.75 Å². The number of carbonyl (C=O) groups is 1. The Morgan fingerprint density at radius 3 is 2.38 bits per heavy atom. The average Bonchev–Trinajstić information content (AvgIpc) is 3.38. The SMILES string of the molecule is COc1ccc(CCC2CCN(C(=O)C3CC3)CC2)cc1. The van der Waals surface area contributed by atoms with Crippen LogP contribution in [0.4, 0.5) is 0 Å². The summed E-state index contributed by atoms with van der Waals surface area (Å²) in [5.74, 6) is 2.49. The summed E-state index contributed by atoms with van der Waals surface area (Å²) in [6.07, 6.45) is 6.96. The largest absolute Gasteiger partial charge is 0.497 e. The molecule has 114 valence electrons. The predicted octanol–water partition coefficient (Wildman–Crippen LogP) is 3.28. The summed E-state index contributed by atoms with van der Waals surface area (Å²) < 4.78 is 5.18. The van der Waals surface area contributed by atoms with Crippen LogP contribution >= 0.6 is 0 Å². The monoisotopic (exact) mass is 287 g/mol. The Morgan fingerprint density at radius 2 is 1.81 bits per heavy atom. The summed E-state index contributed by atoms with van der Waals surface area (Å²) in [6, 6.07) is 8.38. The fourth-order valence-corrected chi connectivity index (χ4v) is 3.19. The fourth-order valence-electron chi connectivity index (χ4n) is 3.19. The Kier molecular flexibility index (Phi) is 4.47. The highest BCUT2D eigenvalue weighted by atomic mass is 16.5. The van der Waals surface area contributed by atoms with Crippen molar-refractivity contribution in [3.8, 4) is 5.75 Å². The first-order valence-corrected chi connectivity index (χ1v) is 8.18. The maximum Gasteiger partial charge on any atom is 0.225 e. The van der Waals surface area contributed by atoms with Crippen molar-refractivity contribution in [3.63, 3.8) is 0 Å². The number of nitrogens with zero attached hydrogens (tertiary/aromatic N) is 1. The van der Waals surface area contributed by atoms with Gasteiger partial charge in [-0.25, -0.2) is 0 Å². The molecule has 1 amide bonds. The second kappa shape index (κ2) is 6.50. The highest BCUT2D eigenvalue weighted by Crippen LogP contribution is 2.33. The lowest BCUT2D eigenvalue weighted by Crippen LogP contribution is -2.39. The van der Waals surface area contributed by atoms with E-state index >= 15 is 0 Å². The number of likely N-dealkylation sites (tertiary alicyclic amines) is 1. The van der Waals surface area contributed by atoms with Crippen LogP contribution in [0, 0.1) is 11.8 Å². The normalized spacial score (nSPS) is 19.6. The molecule has 1 saturated heterocycles. The summed E-state index contributed by atoms with van der Waals surface area (Å²) in [5, 5.41) is 0. The number of carbonyl (C=O) groups excluding carboxylic acids is 1. The van der Waals surface area contributed by atoms with Gasteiger partial charge in [-0.3, -0.25) is 4.79 Å². The molecule has 0 spiro atoms. The molecule has 0 radical (unpaired) electrons. The fraction of sp³-hybridized carbons (Fsp3) is 0.611. The van der Waals surface area contributed by atoms with Gasteiger partial charge in [0, 0.05) is 19.0 Å². The van der Waals surface area contributed by atoms with E-state index in [-0.39, 0.29) is 0 Å². The standard InChI is InChI=1S/C18H25NO2/c1-21-17-8-4-14(5-9-17)2-3-15-10-12-19(13-11-15)18(20)16-6-7-16/h4-5,8-9,15-16H,2-3,6-7,10-13H2,1H3. The Labute approximate surface area is 127 Å². The van der Waals surface area contributed by atoms with E-state index < -0.39 is 0 Å². The summed E-state index contributed by atoms with van der Waals surface area (Å²) in [5.41, 5.74) is 1.38. The minimum Gasteiger partial charge on any atom is -0.497 e. The zero-order valence-electron chi connectivity index (χ0n) is 12.9. The maximum absolute atomic E-state index is 12.0. The molecule has 1 saturated carbocycles. The van der Waals surface area contributed by atoms with Crippen molar-refractivity contribution in [2.75, 3.05) is 20.2 Å². The van der Waals surface area contributed by atoms with Crippen molar-refractivity contribution in [2.24, 2.45) is 11.8 Å². The third-order valence-electron chi connectivity index (χ3n) is 4.85. The molecule has 0 unspecified atom stereocenters. The number of hydrogen-bond acceptors (Lipinski definition) is 2. The van der Waals surface area contributed by atoms with Gasteiger partial charge in [-0.1, -0.05) is 12.1 Å².